The number of benzene rings is 2. The van der Waals surface area contributed by atoms with Crippen LogP contribution in [0.3, 0.4) is 0 Å². The Morgan fingerprint density at radius 3 is 2.85 bits per heavy atom. The molecule has 5 nitrogen and oxygen atoms in total. The van der Waals surface area contributed by atoms with Gasteiger partial charge < -0.3 is 18.9 Å². The molecule has 0 saturated carbocycles. The molecule has 1 aliphatic heterocycles. The average molecular weight is 356 g/mol. The summed E-state index contributed by atoms with van der Waals surface area (Å²) in [5, 5.41) is 0. The van der Waals surface area contributed by atoms with Crippen LogP contribution in [0, 0.1) is 6.92 Å². The van der Waals surface area contributed by atoms with Crippen molar-refractivity contribution in [2.45, 2.75) is 32.8 Å². The number of aryl methyl sites for hydroxylation is 1. The molecule has 0 spiro atoms. The molecule has 1 heterocycles. The van der Waals surface area contributed by atoms with E-state index >= 15 is 0 Å². The summed E-state index contributed by atoms with van der Waals surface area (Å²) in [4.78, 5) is 11.5. The lowest BCUT2D eigenvalue weighted by molar-refractivity contribution is -0.141. The summed E-state index contributed by atoms with van der Waals surface area (Å²) >= 11 is 0. The fourth-order valence-corrected chi connectivity index (χ4v) is 3.14. The first-order valence-electron chi connectivity index (χ1n) is 8.80. The molecule has 0 bridgehead atoms. The van der Waals surface area contributed by atoms with E-state index in [4.69, 9.17) is 18.9 Å². The topological polar surface area (TPSA) is 54.0 Å². The molecule has 0 aliphatic carbocycles. The third kappa shape index (κ3) is 3.93. The number of esters is 1. The van der Waals surface area contributed by atoms with Crippen molar-refractivity contribution < 1.29 is 23.7 Å². The maximum absolute atomic E-state index is 11.5. The van der Waals surface area contributed by atoms with Crippen LogP contribution < -0.4 is 14.2 Å². The fourth-order valence-electron chi connectivity index (χ4n) is 3.14. The van der Waals surface area contributed by atoms with Gasteiger partial charge in [-0.05, 0) is 25.5 Å². The van der Waals surface area contributed by atoms with Crippen LogP contribution in [0.5, 0.6) is 17.2 Å². The molecule has 2 aromatic carbocycles. The summed E-state index contributed by atoms with van der Waals surface area (Å²) in [6.07, 6.45) is 0.324. The van der Waals surface area contributed by atoms with Crippen molar-refractivity contribution in [3.63, 3.8) is 0 Å². The molecule has 138 valence electrons. The molecule has 0 radical (unpaired) electrons. The number of carbonyl (C=O) groups is 1. The molecule has 1 atom stereocenters. The lowest BCUT2D eigenvalue weighted by Gasteiger charge is -2.14. The SMILES string of the molecule is CCOc1c(C)cccc1COc1ccc2c(c1)OCC2CC(=O)OC. The molecule has 0 fully saturated rings. The van der Waals surface area contributed by atoms with Crippen LogP contribution in [-0.2, 0) is 16.1 Å². The zero-order chi connectivity index (χ0) is 18.5. The van der Waals surface area contributed by atoms with Crippen LogP contribution in [0.2, 0.25) is 0 Å². The van der Waals surface area contributed by atoms with E-state index in [-0.39, 0.29) is 11.9 Å². The second-order valence-electron chi connectivity index (χ2n) is 6.27. The van der Waals surface area contributed by atoms with Gasteiger partial charge in [-0.15, -0.1) is 0 Å². The highest BCUT2D eigenvalue weighted by atomic mass is 16.5. The van der Waals surface area contributed by atoms with Gasteiger partial charge in [-0.2, -0.15) is 0 Å². The highest BCUT2D eigenvalue weighted by molar-refractivity contribution is 5.71. The lowest BCUT2D eigenvalue weighted by atomic mass is 9.98. The first-order chi connectivity index (χ1) is 12.6. The second-order valence-corrected chi connectivity index (χ2v) is 6.27. The number of para-hydroxylation sites is 1. The molecule has 0 N–H and O–H groups in total. The van der Waals surface area contributed by atoms with E-state index in [1.54, 1.807) is 0 Å². The second kappa shape index (κ2) is 8.13. The standard InChI is InChI=1S/C21H24O5/c1-4-24-21-14(2)6-5-7-15(21)12-25-17-8-9-18-16(10-20(22)23-3)13-26-19(18)11-17/h5-9,11,16H,4,10,12-13H2,1-3H3. The molecule has 2 aromatic rings. The normalized spacial score (nSPS) is 15.1. The van der Waals surface area contributed by atoms with Gasteiger partial charge in [0.05, 0.1) is 26.7 Å². The van der Waals surface area contributed by atoms with E-state index in [9.17, 15) is 4.79 Å². The van der Waals surface area contributed by atoms with Crippen molar-refractivity contribution in [1.29, 1.82) is 0 Å². The zero-order valence-electron chi connectivity index (χ0n) is 15.4. The summed E-state index contributed by atoms with van der Waals surface area (Å²) in [6, 6.07) is 11.8. The summed E-state index contributed by atoms with van der Waals surface area (Å²) in [7, 11) is 1.40. The van der Waals surface area contributed by atoms with Crippen LogP contribution in [0.15, 0.2) is 36.4 Å². The van der Waals surface area contributed by atoms with E-state index < -0.39 is 0 Å². The third-order valence-electron chi connectivity index (χ3n) is 4.48. The number of carbonyl (C=O) groups excluding carboxylic acids is 1. The molecule has 3 rings (SSSR count). The smallest absolute Gasteiger partial charge is 0.306 e. The minimum atomic E-state index is -0.227. The van der Waals surface area contributed by atoms with Crippen LogP contribution in [0.1, 0.15) is 36.0 Å². The number of hydrogen-bond acceptors (Lipinski definition) is 5. The number of hydrogen-bond donors (Lipinski definition) is 0. The maximum atomic E-state index is 11.5. The summed E-state index contributed by atoms with van der Waals surface area (Å²) in [6.45, 7) is 5.52. The Morgan fingerprint density at radius 2 is 2.08 bits per heavy atom. The van der Waals surface area contributed by atoms with Gasteiger partial charge in [-0.25, -0.2) is 0 Å². The number of fused-ring (bicyclic) bond motifs is 1. The monoisotopic (exact) mass is 356 g/mol. The number of ether oxygens (including phenoxy) is 4. The highest BCUT2D eigenvalue weighted by Crippen LogP contribution is 2.38. The molecular formula is C21H24O5. The van der Waals surface area contributed by atoms with Crippen molar-refractivity contribution in [2.24, 2.45) is 0 Å². The van der Waals surface area contributed by atoms with Gasteiger partial charge in [-0.1, -0.05) is 24.3 Å². The van der Waals surface area contributed by atoms with E-state index in [1.165, 1.54) is 7.11 Å². The van der Waals surface area contributed by atoms with E-state index in [0.29, 0.717) is 26.2 Å². The van der Waals surface area contributed by atoms with Gasteiger partial charge in [-0.3, -0.25) is 4.79 Å². The molecule has 0 aromatic heterocycles. The molecule has 0 saturated heterocycles. The van der Waals surface area contributed by atoms with Crippen LogP contribution >= 0.6 is 0 Å². The summed E-state index contributed by atoms with van der Waals surface area (Å²) in [5.74, 6) is 2.19. The maximum Gasteiger partial charge on any atom is 0.306 e. The van der Waals surface area contributed by atoms with Crippen molar-refractivity contribution in [3.8, 4) is 17.2 Å². The van der Waals surface area contributed by atoms with Gasteiger partial charge >= 0.3 is 5.97 Å². The van der Waals surface area contributed by atoms with E-state index in [2.05, 4.69) is 0 Å². The Kier molecular flexibility index (Phi) is 5.66. The largest absolute Gasteiger partial charge is 0.493 e. The minimum absolute atomic E-state index is 0.0350. The van der Waals surface area contributed by atoms with Crippen LogP contribution in [0.4, 0.5) is 0 Å². The first-order valence-corrected chi connectivity index (χ1v) is 8.80. The third-order valence-corrected chi connectivity index (χ3v) is 4.48. The minimum Gasteiger partial charge on any atom is -0.493 e. The molecule has 1 aliphatic rings. The fraction of sp³-hybridized carbons (Fsp3) is 0.381. The van der Waals surface area contributed by atoms with Crippen LogP contribution in [-0.4, -0.2) is 26.3 Å². The Labute approximate surface area is 153 Å². The van der Waals surface area contributed by atoms with Crippen molar-refractivity contribution >= 4 is 5.97 Å². The predicted molar refractivity (Wildman–Crippen MR) is 98.0 cm³/mol. The first kappa shape index (κ1) is 18.1. The molecule has 26 heavy (non-hydrogen) atoms. The van der Waals surface area contributed by atoms with Crippen molar-refractivity contribution in [1.82, 2.24) is 0 Å². The van der Waals surface area contributed by atoms with Gasteiger partial charge in [0.1, 0.15) is 23.9 Å². The molecule has 0 amide bonds. The lowest BCUT2D eigenvalue weighted by Crippen LogP contribution is -2.09. The van der Waals surface area contributed by atoms with E-state index in [0.717, 1.165) is 33.9 Å². The summed E-state index contributed by atoms with van der Waals surface area (Å²) in [5.41, 5.74) is 3.13. The Morgan fingerprint density at radius 1 is 1.23 bits per heavy atom. The highest BCUT2D eigenvalue weighted by Gasteiger charge is 2.27. The van der Waals surface area contributed by atoms with Crippen LogP contribution in [0.25, 0.3) is 0 Å². The van der Waals surface area contributed by atoms with Gasteiger partial charge in [0, 0.05) is 23.1 Å². The average Bonchev–Trinajstić information content (AvgIpc) is 3.04. The van der Waals surface area contributed by atoms with Gasteiger partial charge in [0.15, 0.2) is 0 Å². The van der Waals surface area contributed by atoms with Gasteiger partial charge in [0.2, 0.25) is 0 Å². The van der Waals surface area contributed by atoms with E-state index in [1.807, 2.05) is 50.2 Å². The zero-order valence-corrected chi connectivity index (χ0v) is 15.4. The number of methoxy groups -OCH3 is 1. The Bertz CT molecular complexity index is 784. The Balaban J connectivity index is 1.70. The quantitative estimate of drug-likeness (QED) is 0.702. The predicted octanol–water partition coefficient (Wildman–Crippen LogP) is 4.01. The molecular weight excluding hydrogens is 332 g/mol. The molecule has 5 heteroatoms. The molecule has 1 unspecified atom stereocenters. The Hall–Kier alpha value is -2.69. The number of rotatable bonds is 7. The van der Waals surface area contributed by atoms with Gasteiger partial charge in [0.25, 0.3) is 0 Å². The van der Waals surface area contributed by atoms with Crippen molar-refractivity contribution in [2.75, 3.05) is 20.3 Å². The van der Waals surface area contributed by atoms with Crippen molar-refractivity contribution in [3.05, 3.63) is 53.1 Å². The summed E-state index contributed by atoms with van der Waals surface area (Å²) < 4.78 is 22.2.